The van der Waals surface area contributed by atoms with Gasteiger partial charge in [-0.05, 0) is 58.7 Å². The van der Waals surface area contributed by atoms with Gasteiger partial charge in [-0.15, -0.1) is 0 Å². The fourth-order valence-electron chi connectivity index (χ4n) is 3.34. The van der Waals surface area contributed by atoms with Crippen LogP contribution in [0.4, 0.5) is 4.39 Å². The quantitative estimate of drug-likeness (QED) is 0.571. The molecule has 3 aromatic rings. The van der Waals surface area contributed by atoms with Crippen molar-refractivity contribution in [2.75, 3.05) is 14.2 Å². The first-order valence-corrected chi connectivity index (χ1v) is 9.23. The number of methoxy groups -OCH3 is 2. The van der Waals surface area contributed by atoms with Crippen LogP contribution in [0.2, 0.25) is 0 Å². The molecule has 0 amide bonds. The van der Waals surface area contributed by atoms with Gasteiger partial charge in [0.1, 0.15) is 17.3 Å². The van der Waals surface area contributed by atoms with E-state index in [2.05, 4.69) is 6.07 Å². The fourth-order valence-corrected chi connectivity index (χ4v) is 3.34. The highest BCUT2D eigenvalue weighted by atomic mass is 19.1. The lowest BCUT2D eigenvalue weighted by molar-refractivity contribution is 0.414. The summed E-state index contributed by atoms with van der Waals surface area (Å²) in [5.41, 5.74) is 22.2. The first-order valence-electron chi connectivity index (χ1n) is 9.23. The second-order valence-corrected chi connectivity index (χ2v) is 6.63. The Labute approximate surface area is 170 Å². The van der Waals surface area contributed by atoms with Crippen molar-refractivity contribution in [3.05, 3.63) is 82.7 Å². The number of nitrogens with two attached hydrogens (primary N) is 3. The number of halogens is 1. The van der Waals surface area contributed by atoms with E-state index in [0.29, 0.717) is 29.2 Å². The van der Waals surface area contributed by atoms with Gasteiger partial charge in [-0.25, -0.2) is 4.39 Å². The van der Waals surface area contributed by atoms with E-state index in [1.165, 1.54) is 6.07 Å². The minimum Gasteiger partial charge on any atom is -0.497 e. The van der Waals surface area contributed by atoms with Crippen molar-refractivity contribution in [3.63, 3.8) is 0 Å². The summed E-state index contributed by atoms with van der Waals surface area (Å²) in [7, 11) is 3.15. The van der Waals surface area contributed by atoms with Crippen molar-refractivity contribution >= 4 is 0 Å². The molecule has 1 atom stereocenters. The number of hydrogen-bond donors (Lipinski definition) is 3. The molecule has 1 unspecified atom stereocenters. The molecule has 0 saturated heterocycles. The fraction of sp³-hybridized carbons (Fsp3) is 0.217. The Balaban J connectivity index is 2.01. The van der Waals surface area contributed by atoms with E-state index in [1.54, 1.807) is 32.4 Å². The lowest BCUT2D eigenvalue weighted by Crippen LogP contribution is -2.17. The van der Waals surface area contributed by atoms with E-state index in [1.807, 2.05) is 24.3 Å². The minimum atomic E-state index is -0.654. The number of benzene rings is 3. The van der Waals surface area contributed by atoms with Gasteiger partial charge in [0, 0.05) is 24.2 Å². The van der Waals surface area contributed by atoms with Crippen LogP contribution in [-0.4, -0.2) is 14.2 Å². The molecule has 5 nitrogen and oxygen atoms in total. The van der Waals surface area contributed by atoms with Crippen LogP contribution in [0, 0.1) is 11.9 Å². The van der Waals surface area contributed by atoms with Gasteiger partial charge in [0.2, 0.25) is 0 Å². The SMILES string of the molecule is COc1ccc(C(N)c2ccc(-c3cc(CN)[c]cc3OC)cc2F)c(CN)c1. The van der Waals surface area contributed by atoms with Crippen LogP contribution in [0.3, 0.4) is 0 Å². The summed E-state index contributed by atoms with van der Waals surface area (Å²) in [4.78, 5) is 0. The highest BCUT2D eigenvalue weighted by Crippen LogP contribution is 2.34. The molecule has 1 radical (unpaired) electrons. The summed E-state index contributed by atoms with van der Waals surface area (Å²) in [5.74, 6) is 0.873. The van der Waals surface area contributed by atoms with E-state index in [-0.39, 0.29) is 6.54 Å². The molecule has 0 aliphatic rings. The molecule has 0 aromatic heterocycles. The van der Waals surface area contributed by atoms with Gasteiger partial charge >= 0.3 is 0 Å². The minimum absolute atomic E-state index is 0.277. The molecule has 3 rings (SSSR count). The zero-order chi connectivity index (χ0) is 21.0. The smallest absolute Gasteiger partial charge is 0.128 e. The zero-order valence-corrected chi connectivity index (χ0v) is 16.5. The van der Waals surface area contributed by atoms with Crippen molar-refractivity contribution < 1.29 is 13.9 Å². The number of hydrogen-bond acceptors (Lipinski definition) is 5. The highest BCUT2D eigenvalue weighted by Gasteiger charge is 2.18. The maximum Gasteiger partial charge on any atom is 0.128 e. The summed E-state index contributed by atoms with van der Waals surface area (Å²) in [6, 6.07) is 16.4. The predicted octanol–water partition coefficient (Wildman–Crippen LogP) is 3.28. The van der Waals surface area contributed by atoms with Crippen LogP contribution in [-0.2, 0) is 13.1 Å². The third-order valence-corrected chi connectivity index (χ3v) is 4.96. The number of ether oxygens (including phenoxy) is 2. The van der Waals surface area contributed by atoms with Gasteiger partial charge in [0.15, 0.2) is 0 Å². The van der Waals surface area contributed by atoms with Crippen LogP contribution in [0.5, 0.6) is 11.5 Å². The average Bonchev–Trinajstić information content (AvgIpc) is 2.77. The van der Waals surface area contributed by atoms with E-state index >= 15 is 4.39 Å². The van der Waals surface area contributed by atoms with Crippen molar-refractivity contribution in [2.45, 2.75) is 19.1 Å². The van der Waals surface area contributed by atoms with Gasteiger partial charge in [0.25, 0.3) is 0 Å². The maximum absolute atomic E-state index is 15.1. The van der Waals surface area contributed by atoms with Crippen LogP contribution in [0.15, 0.2) is 48.5 Å². The summed E-state index contributed by atoms with van der Waals surface area (Å²) >= 11 is 0. The largest absolute Gasteiger partial charge is 0.497 e. The van der Waals surface area contributed by atoms with Gasteiger partial charge in [0.05, 0.1) is 20.3 Å². The third kappa shape index (κ3) is 4.24. The molecule has 0 aliphatic heterocycles. The molecule has 151 valence electrons. The van der Waals surface area contributed by atoms with Gasteiger partial charge < -0.3 is 26.7 Å². The van der Waals surface area contributed by atoms with Gasteiger partial charge in [-0.3, -0.25) is 0 Å². The number of rotatable bonds is 7. The second kappa shape index (κ2) is 9.05. The normalized spacial score (nSPS) is 11.9. The van der Waals surface area contributed by atoms with Crippen molar-refractivity contribution in [2.24, 2.45) is 17.2 Å². The summed E-state index contributed by atoms with van der Waals surface area (Å²) in [5, 5.41) is 0. The van der Waals surface area contributed by atoms with Crippen molar-refractivity contribution in [3.8, 4) is 22.6 Å². The summed E-state index contributed by atoms with van der Waals surface area (Å²) in [6.07, 6.45) is 0. The van der Waals surface area contributed by atoms with E-state index < -0.39 is 11.9 Å². The van der Waals surface area contributed by atoms with Crippen LogP contribution < -0.4 is 26.7 Å². The Bertz CT molecular complexity index is 1010. The topological polar surface area (TPSA) is 96.5 Å². The van der Waals surface area contributed by atoms with E-state index in [4.69, 9.17) is 26.7 Å². The lowest BCUT2D eigenvalue weighted by Gasteiger charge is -2.19. The summed E-state index contributed by atoms with van der Waals surface area (Å²) < 4.78 is 25.7. The molecular formula is C23H25FN3O2. The maximum atomic E-state index is 15.1. The molecule has 6 heteroatoms. The molecule has 0 aliphatic carbocycles. The van der Waals surface area contributed by atoms with E-state index in [9.17, 15) is 0 Å². The average molecular weight is 394 g/mol. The van der Waals surface area contributed by atoms with E-state index in [0.717, 1.165) is 22.3 Å². The van der Waals surface area contributed by atoms with Crippen LogP contribution >= 0.6 is 0 Å². The molecule has 0 fully saturated rings. The summed E-state index contributed by atoms with van der Waals surface area (Å²) in [6.45, 7) is 0.612. The van der Waals surface area contributed by atoms with Gasteiger partial charge in [-0.2, -0.15) is 0 Å². The lowest BCUT2D eigenvalue weighted by atomic mass is 9.92. The molecule has 0 saturated carbocycles. The molecule has 3 aromatic carbocycles. The van der Waals surface area contributed by atoms with Gasteiger partial charge in [-0.1, -0.05) is 18.2 Å². The Morgan fingerprint density at radius 3 is 2.34 bits per heavy atom. The van der Waals surface area contributed by atoms with Crippen molar-refractivity contribution in [1.82, 2.24) is 0 Å². The molecule has 6 N–H and O–H groups in total. The second-order valence-electron chi connectivity index (χ2n) is 6.63. The van der Waals surface area contributed by atoms with Crippen LogP contribution in [0.25, 0.3) is 11.1 Å². The first-order chi connectivity index (χ1) is 14.0. The predicted molar refractivity (Wildman–Crippen MR) is 112 cm³/mol. The Hall–Kier alpha value is -2.93. The molecule has 0 bridgehead atoms. The molecule has 29 heavy (non-hydrogen) atoms. The standard InChI is InChI=1S/C23H25FN3O2/c1-28-17-5-7-18(16(10-17)13-26)23(27)19-6-4-15(11-21(19)24)20-9-14(12-25)3-8-22(20)29-2/h4-11,23H,12-13,25-27H2,1-2H3. The molecule has 0 heterocycles. The molecule has 0 spiro atoms. The monoisotopic (exact) mass is 394 g/mol. The molecular weight excluding hydrogens is 369 g/mol. The van der Waals surface area contributed by atoms with Crippen LogP contribution in [0.1, 0.15) is 28.3 Å². The zero-order valence-electron chi connectivity index (χ0n) is 16.5. The highest BCUT2D eigenvalue weighted by molar-refractivity contribution is 5.71. The Kier molecular flexibility index (Phi) is 6.49. The Morgan fingerprint density at radius 2 is 1.72 bits per heavy atom. The first kappa shape index (κ1) is 20.8. The van der Waals surface area contributed by atoms with Crippen molar-refractivity contribution in [1.29, 1.82) is 0 Å². The third-order valence-electron chi connectivity index (χ3n) is 4.96. The Morgan fingerprint density at radius 1 is 0.966 bits per heavy atom.